The Labute approximate surface area is 103 Å². The Balaban J connectivity index is 1.80. The third-order valence-corrected chi connectivity index (χ3v) is 3.74. The first kappa shape index (κ1) is 12.8. The molecule has 1 aliphatic heterocycles. The number of amides is 1. The van der Waals surface area contributed by atoms with Gasteiger partial charge in [-0.15, -0.1) is 0 Å². The molecule has 1 saturated heterocycles. The molecule has 1 saturated carbocycles. The number of hydrogen-bond donors (Lipinski definition) is 2. The summed E-state index contributed by atoms with van der Waals surface area (Å²) >= 11 is 0. The van der Waals surface area contributed by atoms with Crippen LogP contribution < -0.4 is 10.6 Å². The smallest absolute Gasteiger partial charge is 0.250 e. The van der Waals surface area contributed by atoms with Crippen molar-refractivity contribution in [2.75, 3.05) is 19.7 Å². The number of carbonyl (C=O) groups excluding carboxylic acids is 1. The molecule has 3 atom stereocenters. The molecule has 0 aromatic carbocycles. The highest BCUT2D eigenvalue weighted by Crippen LogP contribution is 2.28. The van der Waals surface area contributed by atoms with Gasteiger partial charge in [0.15, 0.2) is 0 Å². The van der Waals surface area contributed by atoms with Gasteiger partial charge in [0.25, 0.3) is 5.91 Å². The summed E-state index contributed by atoms with van der Waals surface area (Å²) in [6, 6.07) is 0.340. The van der Waals surface area contributed by atoms with Crippen LogP contribution in [0.15, 0.2) is 0 Å². The quantitative estimate of drug-likeness (QED) is 0.754. The minimum atomic E-state index is -0.295. The van der Waals surface area contributed by atoms with Crippen molar-refractivity contribution in [3.05, 3.63) is 0 Å². The first-order chi connectivity index (χ1) is 8.15. The van der Waals surface area contributed by atoms with E-state index in [1.165, 1.54) is 6.42 Å². The topological polar surface area (TPSA) is 50.4 Å². The molecule has 4 nitrogen and oxygen atoms in total. The van der Waals surface area contributed by atoms with Crippen LogP contribution in [-0.4, -0.2) is 37.7 Å². The molecule has 1 aliphatic carbocycles. The summed E-state index contributed by atoms with van der Waals surface area (Å²) < 4.78 is 5.46. The van der Waals surface area contributed by atoms with Gasteiger partial charge in [-0.3, -0.25) is 4.79 Å². The summed E-state index contributed by atoms with van der Waals surface area (Å²) in [5.74, 6) is 1.49. The van der Waals surface area contributed by atoms with E-state index in [9.17, 15) is 4.79 Å². The first-order valence-corrected chi connectivity index (χ1v) is 6.78. The highest BCUT2D eigenvalue weighted by atomic mass is 16.5. The van der Waals surface area contributed by atoms with Gasteiger partial charge >= 0.3 is 0 Å². The number of hydrogen-bond acceptors (Lipinski definition) is 3. The molecule has 0 radical (unpaired) electrons. The van der Waals surface area contributed by atoms with Crippen LogP contribution in [0.25, 0.3) is 0 Å². The molecule has 17 heavy (non-hydrogen) atoms. The van der Waals surface area contributed by atoms with Crippen LogP contribution in [-0.2, 0) is 9.53 Å². The fraction of sp³-hybridized carbons (Fsp3) is 0.923. The van der Waals surface area contributed by atoms with Gasteiger partial charge in [-0.25, -0.2) is 0 Å². The Morgan fingerprint density at radius 2 is 1.94 bits per heavy atom. The summed E-state index contributed by atoms with van der Waals surface area (Å²) in [5.41, 5.74) is 0. The van der Waals surface area contributed by atoms with Crippen molar-refractivity contribution >= 4 is 5.91 Å². The van der Waals surface area contributed by atoms with E-state index in [0.29, 0.717) is 19.2 Å². The van der Waals surface area contributed by atoms with Crippen molar-refractivity contribution in [1.29, 1.82) is 0 Å². The van der Waals surface area contributed by atoms with E-state index >= 15 is 0 Å². The van der Waals surface area contributed by atoms with E-state index in [-0.39, 0.29) is 12.0 Å². The molecule has 0 spiro atoms. The van der Waals surface area contributed by atoms with Gasteiger partial charge in [-0.1, -0.05) is 13.8 Å². The number of morpholine rings is 1. The van der Waals surface area contributed by atoms with Crippen molar-refractivity contribution in [3.8, 4) is 0 Å². The van der Waals surface area contributed by atoms with E-state index < -0.39 is 0 Å². The largest absolute Gasteiger partial charge is 0.366 e. The predicted molar refractivity (Wildman–Crippen MR) is 66.7 cm³/mol. The van der Waals surface area contributed by atoms with Crippen LogP contribution in [0.5, 0.6) is 0 Å². The molecule has 0 bridgehead atoms. The zero-order valence-corrected chi connectivity index (χ0v) is 10.9. The third-order valence-electron chi connectivity index (χ3n) is 3.74. The Kier molecular flexibility index (Phi) is 4.40. The summed E-state index contributed by atoms with van der Waals surface area (Å²) in [7, 11) is 0. The van der Waals surface area contributed by atoms with E-state index in [2.05, 4.69) is 24.5 Å². The van der Waals surface area contributed by atoms with Crippen LogP contribution in [0, 0.1) is 11.8 Å². The summed E-state index contributed by atoms with van der Waals surface area (Å²) in [6.07, 6.45) is 3.21. The van der Waals surface area contributed by atoms with E-state index in [4.69, 9.17) is 4.74 Å². The van der Waals surface area contributed by atoms with Crippen molar-refractivity contribution in [1.82, 2.24) is 10.6 Å². The molecule has 1 heterocycles. The standard InChI is InChI=1S/C13H24N2O2/c1-9-5-10(2)7-11(6-9)15-13(16)12-8-14-3-4-17-12/h9-12,14H,3-8H2,1-2H3,(H,15,16). The van der Waals surface area contributed by atoms with Gasteiger partial charge < -0.3 is 15.4 Å². The van der Waals surface area contributed by atoms with Crippen LogP contribution in [0.4, 0.5) is 0 Å². The maximum Gasteiger partial charge on any atom is 0.250 e. The number of rotatable bonds is 2. The van der Waals surface area contributed by atoms with Crippen molar-refractivity contribution < 1.29 is 9.53 Å². The summed E-state index contributed by atoms with van der Waals surface area (Å²) in [6.45, 7) is 6.67. The van der Waals surface area contributed by atoms with Gasteiger partial charge in [-0.05, 0) is 31.1 Å². The molecule has 98 valence electrons. The lowest BCUT2D eigenvalue weighted by Gasteiger charge is -2.33. The molecule has 0 aromatic rings. The van der Waals surface area contributed by atoms with Gasteiger partial charge in [0.1, 0.15) is 6.10 Å². The summed E-state index contributed by atoms with van der Waals surface area (Å²) in [5, 5.41) is 6.33. The van der Waals surface area contributed by atoms with Crippen molar-refractivity contribution in [2.45, 2.75) is 45.3 Å². The molecular formula is C13H24N2O2. The second kappa shape index (κ2) is 5.83. The van der Waals surface area contributed by atoms with E-state index in [0.717, 1.165) is 31.2 Å². The van der Waals surface area contributed by atoms with E-state index in [1.807, 2.05) is 0 Å². The normalized spacial score (nSPS) is 38.7. The average Bonchev–Trinajstić information content (AvgIpc) is 2.28. The lowest BCUT2D eigenvalue weighted by Crippen LogP contribution is -2.51. The number of carbonyl (C=O) groups is 1. The summed E-state index contributed by atoms with van der Waals surface area (Å²) in [4.78, 5) is 12.0. The van der Waals surface area contributed by atoms with Gasteiger partial charge in [0.2, 0.25) is 0 Å². The molecule has 4 heteroatoms. The van der Waals surface area contributed by atoms with Crippen LogP contribution in [0.1, 0.15) is 33.1 Å². The molecular weight excluding hydrogens is 216 g/mol. The third kappa shape index (κ3) is 3.68. The lowest BCUT2D eigenvalue weighted by atomic mass is 9.80. The minimum absolute atomic E-state index is 0.0588. The molecule has 2 aliphatic rings. The number of ether oxygens (including phenoxy) is 1. The Morgan fingerprint density at radius 3 is 2.53 bits per heavy atom. The molecule has 1 amide bonds. The minimum Gasteiger partial charge on any atom is -0.366 e. The maximum atomic E-state index is 12.0. The lowest BCUT2D eigenvalue weighted by molar-refractivity contribution is -0.135. The Bertz CT molecular complexity index is 254. The molecule has 2 fully saturated rings. The van der Waals surface area contributed by atoms with Crippen molar-refractivity contribution in [3.63, 3.8) is 0 Å². The second-order valence-corrected chi connectivity index (χ2v) is 5.69. The van der Waals surface area contributed by atoms with Crippen LogP contribution in [0.3, 0.4) is 0 Å². The maximum absolute atomic E-state index is 12.0. The Morgan fingerprint density at radius 1 is 1.24 bits per heavy atom. The second-order valence-electron chi connectivity index (χ2n) is 5.69. The first-order valence-electron chi connectivity index (χ1n) is 6.78. The molecule has 0 aromatic heterocycles. The molecule has 2 rings (SSSR count). The molecule has 2 N–H and O–H groups in total. The highest BCUT2D eigenvalue weighted by Gasteiger charge is 2.28. The van der Waals surface area contributed by atoms with Crippen molar-refractivity contribution in [2.24, 2.45) is 11.8 Å². The zero-order chi connectivity index (χ0) is 12.3. The molecule has 3 unspecified atom stereocenters. The monoisotopic (exact) mass is 240 g/mol. The van der Waals surface area contributed by atoms with Gasteiger partial charge in [-0.2, -0.15) is 0 Å². The Hall–Kier alpha value is -0.610. The fourth-order valence-electron chi connectivity index (χ4n) is 3.09. The fourth-order valence-corrected chi connectivity index (χ4v) is 3.09. The van der Waals surface area contributed by atoms with Gasteiger partial charge in [0.05, 0.1) is 6.61 Å². The van der Waals surface area contributed by atoms with Crippen LogP contribution >= 0.6 is 0 Å². The average molecular weight is 240 g/mol. The number of nitrogens with one attached hydrogen (secondary N) is 2. The highest BCUT2D eigenvalue weighted by molar-refractivity contribution is 5.81. The van der Waals surface area contributed by atoms with E-state index in [1.54, 1.807) is 0 Å². The van der Waals surface area contributed by atoms with Crippen LogP contribution in [0.2, 0.25) is 0 Å². The predicted octanol–water partition coefficient (Wildman–Crippen LogP) is 0.916. The zero-order valence-electron chi connectivity index (χ0n) is 10.9. The van der Waals surface area contributed by atoms with Gasteiger partial charge in [0, 0.05) is 19.1 Å². The SMILES string of the molecule is CC1CC(C)CC(NC(=O)C2CNCCO2)C1.